The van der Waals surface area contributed by atoms with Gasteiger partial charge in [-0.05, 0) is 41.4 Å². The molecule has 5 heteroatoms. The first-order valence-electron chi connectivity index (χ1n) is 5.92. The maximum absolute atomic E-state index is 13.3. The van der Waals surface area contributed by atoms with Crippen LogP contribution in [0.25, 0.3) is 0 Å². The summed E-state index contributed by atoms with van der Waals surface area (Å²) in [5.41, 5.74) is 0.320. The highest BCUT2D eigenvalue weighted by molar-refractivity contribution is 9.10. The van der Waals surface area contributed by atoms with Gasteiger partial charge >= 0.3 is 0 Å². The minimum Gasteiger partial charge on any atom is -0.381 e. The quantitative estimate of drug-likeness (QED) is 0.931. The maximum Gasteiger partial charge on any atom is 0.252 e. The molecule has 2 unspecified atom stereocenters. The van der Waals surface area contributed by atoms with Gasteiger partial charge in [-0.1, -0.05) is 6.07 Å². The Bertz CT molecular complexity index is 447. The van der Waals surface area contributed by atoms with Crippen LogP contribution in [0, 0.1) is 11.7 Å². The monoisotopic (exact) mass is 315 g/mol. The number of benzene rings is 1. The number of rotatable bonds is 3. The van der Waals surface area contributed by atoms with Crippen molar-refractivity contribution in [3.05, 3.63) is 34.1 Å². The van der Waals surface area contributed by atoms with Gasteiger partial charge < -0.3 is 10.1 Å². The van der Waals surface area contributed by atoms with Gasteiger partial charge in [-0.2, -0.15) is 0 Å². The van der Waals surface area contributed by atoms with Crippen molar-refractivity contribution in [3.8, 4) is 0 Å². The molecule has 98 valence electrons. The third-order valence-corrected chi connectivity index (χ3v) is 4.03. The second-order valence-electron chi connectivity index (χ2n) is 4.49. The molecule has 1 aromatic rings. The summed E-state index contributed by atoms with van der Waals surface area (Å²) in [6.45, 7) is 3.37. The van der Waals surface area contributed by atoms with E-state index in [2.05, 4.69) is 21.2 Å². The number of carbonyl (C=O) groups is 1. The molecule has 0 saturated carbocycles. The molecule has 1 saturated heterocycles. The van der Waals surface area contributed by atoms with E-state index in [1.54, 1.807) is 6.07 Å². The summed E-state index contributed by atoms with van der Waals surface area (Å²) in [5, 5.41) is 2.89. The molecule has 0 radical (unpaired) electrons. The molecule has 2 atom stereocenters. The average molecular weight is 316 g/mol. The number of hydrogen-bond acceptors (Lipinski definition) is 2. The van der Waals surface area contributed by atoms with Crippen LogP contribution in [0.15, 0.2) is 22.7 Å². The van der Waals surface area contributed by atoms with E-state index in [1.807, 2.05) is 6.92 Å². The number of nitrogens with one attached hydrogen (secondary N) is 1. The van der Waals surface area contributed by atoms with Crippen molar-refractivity contribution >= 4 is 21.8 Å². The van der Waals surface area contributed by atoms with Gasteiger partial charge in [-0.25, -0.2) is 4.39 Å². The second-order valence-corrected chi connectivity index (χ2v) is 5.28. The SMILES string of the molecule is CC(NC(=O)c1cccc(F)c1Br)C1CCOC1. The summed E-state index contributed by atoms with van der Waals surface area (Å²) in [6, 6.07) is 4.46. The Kier molecular flexibility index (Phi) is 4.35. The lowest BCUT2D eigenvalue weighted by atomic mass is 10.0. The normalized spacial score (nSPS) is 20.7. The summed E-state index contributed by atoms with van der Waals surface area (Å²) in [4.78, 5) is 12.0. The van der Waals surface area contributed by atoms with Crippen molar-refractivity contribution in [2.45, 2.75) is 19.4 Å². The molecule has 1 N–H and O–H groups in total. The molecule has 1 heterocycles. The van der Waals surface area contributed by atoms with Crippen LogP contribution in [-0.2, 0) is 4.74 Å². The van der Waals surface area contributed by atoms with Gasteiger partial charge in [-0.3, -0.25) is 4.79 Å². The fourth-order valence-corrected chi connectivity index (χ4v) is 2.47. The first-order chi connectivity index (χ1) is 8.59. The van der Waals surface area contributed by atoms with Gasteiger partial charge in [0.05, 0.1) is 16.6 Å². The van der Waals surface area contributed by atoms with Crippen LogP contribution < -0.4 is 5.32 Å². The van der Waals surface area contributed by atoms with E-state index in [1.165, 1.54) is 12.1 Å². The Hall–Kier alpha value is -0.940. The predicted molar refractivity (Wildman–Crippen MR) is 70.0 cm³/mol. The summed E-state index contributed by atoms with van der Waals surface area (Å²) in [5.74, 6) is -0.360. The van der Waals surface area contributed by atoms with Crippen LogP contribution in [-0.4, -0.2) is 25.2 Å². The highest BCUT2D eigenvalue weighted by Crippen LogP contribution is 2.21. The van der Waals surface area contributed by atoms with Gasteiger partial charge in [0.1, 0.15) is 5.82 Å². The summed E-state index contributed by atoms with van der Waals surface area (Å²) >= 11 is 3.09. The highest BCUT2D eigenvalue weighted by atomic mass is 79.9. The maximum atomic E-state index is 13.3. The lowest BCUT2D eigenvalue weighted by Crippen LogP contribution is -2.38. The average Bonchev–Trinajstić information content (AvgIpc) is 2.86. The fourth-order valence-electron chi connectivity index (χ4n) is 2.03. The van der Waals surface area contributed by atoms with Crippen molar-refractivity contribution in [3.63, 3.8) is 0 Å². The molecule has 1 aliphatic rings. The Morgan fingerprint density at radius 2 is 2.39 bits per heavy atom. The summed E-state index contributed by atoms with van der Waals surface area (Å²) < 4.78 is 18.8. The van der Waals surface area contributed by atoms with Crippen LogP contribution >= 0.6 is 15.9 Å². The molecule has 0 aromatic heterocycles. The molecule has 0 spiro atoms. The molecule has 1 aromatic carbocycles. The second kappa shape index (κ2) is 5.80. The van der Waals surface area contributed by atoms with E-state index in [-0.39, 0.29) is 16.4 Å². The Balaban J connectivity index is 2.05. The standard InChI is InChI=1S/C13H15BrFNO2/c1-8(9-5-6-18-7-9)16-13(17)10-3-2-4-11(15)12(10)14/h2-4,8-9H,5-7H2,1H3,(H,16,17). The molecule has 1 fully saturated rings. The van der Waals surface area contributed by atoms with E-state index in [0.717, 1.165) is 13.0 Å². The predicted octanol–water partition coefficient (Wildman–Crippen LogP) is 2.74. The third-order valence-electron chi connectivity index (χ3n) is 3.23. The van der Waals surface area contributed by atoms with Crippen molar-refractivity contribution in [1.29, 1.82) is 0 Å². The van der Waals surface area contributed by atoms with E-state index in [9.17, 15) is 9.18 Å². The summed E-state index contributed by atoms with van der Waals surface area (Å²) in [7, 11) is 0. The molecule has 1 aliphatic heterocycles. The third kappa shape index (κ3) is 2.90. The first kappa shape index (κ1) is 13.5. The largest absolute Gasteiger partial charge is 0.381 e. The minimum atomic E-state index is -0.431. The molecule has 3 nitrogen and oxygen atoms in total. The lowest BCUT2D eigenvalue weighted by molar-refractivity contribution is 0.0921. The number of carbonyl (C=O) groups excluding carboxylic acids is 1. The Labute approximate surface area is 114 Å². The first-order valence-corrected chi connectivity index (χ1v) is 6.71. The molecule has 0 bridgehead atoms. The van der Waals surface area contributed by atoms with Gasteiger partial charge in [-0.15, -0.1) is 0 Å². The van der Waals surface area contributed by atoms with Crippen molar-refractivity contribution in [1.82, 2.24) is 5.32 Å². The van der Waals surface area contributed by atoms with Crippen LogP contribution in [0.1, 0.15) is 23.7 Å². The van der Waals surface area contributed by atoms with Crippen LogP contribution in [0.5, 0.6) is 0 Å². The van der Waals surface area contributed by atoms with E-state index in [0.29, 0.717) is 18.1 Å². The topological polar surface area (TPSA) is 38.3 Å². The van der Waals surface area contributed by atoms with Gasteiger partial charge in [0.25, 0.3) is 5.91 Å². The Morgan fingerprint density at radius 1 is 1.61 bits per heavy atom. The molecule has 1 amide bonds. The number of halogens is 2. The molecule has 18 heavy (non-hydrogen) atoms. The van der Waals surface area contributed by atoms with Gasteiger partial charge in [0, 0.05) is 18.6 Å². The number of hydrogen-bond donors (Lipinski definition) is 1. The summed E-state index contributed by atoms with van der Waals surface area (Å²) in [6.07, 6.45) is 0.950. The van der Waals surface area contributed by atoms with Crippen LogP contribution in [0.2, 0.25) is 0 Å². The fraction of sp³-hybridized carbons (Fsp3) is 0.462. The van der Waals surface area contributed by atoms with Crippen molar-refractivity contribution < 1.29 is 13.9 Å². The Morgan fingerprint density at radius 3 is 3.06 bits per heavy atom. The van der Waals surface area contributed by atoms with E-state index < -0.39 is 5.82 Å². The number of amides is 1. The molecule has 0 aliphatic carbocycles. The van der Waals surface area contributed by atoms with E-state index >= 15 is 0 Å². The van der Waals surface area contributed by atoms with Gasteiger partial charge in [0.2, 0.25) is 0 Å². The molecular weight excluding hydrogens is 301 g/mol. The van der Waals surface area contributed by atoms with Gasteiger partial charge in [0.15, 0.2) is 0 Å². The zero-order valence-electron chi connectivity index (χ0n) is 10.1. The lowest BCUT2D eigenvalue weighted by Gasteiger charge is -2.19. The highest BCUT2D eigenvalue weighted by Gasteiger charge is 2.24. The zero-order valence-corrected chi connectivity index (χ0v) is 11.7. The zero-order chi connectivity index (χ0) is 13.1. The van der Waals surface area contributed by atoms with Crippen molar-refractivity contribution in [2.75, 3.05) is 13.2 Å². The van der Waals surface area contributed by atoms with Crippen molar-refractivity contribution in [2.24, 2.45) is 5.92 Å². The number of ether oxygens (including phenoxy) is 1. The van der Waals surface area contributed by atoms with Crippen LogP contribution in [0.4, 0.5) is 4.39 Å². The smallest absolute Gasteiger partial charge is 0.252 e. The van der Waals surface area contributed by atoms with Crippen LogP contribution in [0.3, 0.4) is 0 Å². The minimum absolute atomic E-state index is 0.0233. The molecular formula is C13H15BrFNO2. The van der Waals surface area contributed by atoms with E-state index in [4.69, 9.17) is 4.74 Å². The molecule has 2 rings (SSSR count).